The summed E-state index contributed by atoms with van der Waals surface area (Å²) in [6.07, 6.45) is 2.74. The molecule has 2 atom stereocenters. The van der Waals surface area contributed by atoms with Gasteiger partial charge in [-0.15, -0.1) is 0 Å². The van der Waals surface area contributed by atoms with Crippen molar-refractivity contribution in [2.45, 2.75) is 25.8 Å². The van der Waals surface area contributed by atoms with Gasteiger partial charge < -0.3 is 9.80 Å². The van der Waals surface area contributed by atoms with E-state index in [0.717, 1.165) is 12.0 Å². The van der Waals surface area contributed by atoms with Gasteiger partial charge in [-0.1, -0.05) is 6.92 Å². The van der Waals surface area contributed by atoms with E-state index in [1.807, 2.05) is 0 Å². The van der Waals surface area contributed by atoms with Crippen molar-refractivity contribution in [3.05, 3.63) is 0 Å². The lowest BCUT2D eigenvalue weighted by molar-refractivity contribution is 0.260. The molecule has 2 heterocycles. The number of likely N-dealkylation sites (tertiary alicyclic amines) is 2. The average Bonchev–Trinajstić information content (AvgIpc) is 2.55. The first-order chi connectivity index (χ1) is 5.81. The van der Waals surface area contributed by atoms with Crippen molar-refractivity contribution in [3.63, 3.8) is 0 Å². The molecule has 0 aromatic rings. The molecular weight excluding hydrogens is 148 g/mol. The zero-order chi connectivity index (χ0) is 8.55. The van der Waals surface area contributed by atoms with E-state index >= 15 is 0 Å². The van der Waals surface area contributed by atoms with Gasteiger partial charge in [0, 0.05) is 19.1 Å². The second-order valence-corrected chi connectivity index (χ2v) is 4.36. The van der Waals surface area contributed by atoms with Crippen molar-refractivity contribution in [2.24, 2.45) is 5.92 Å². The maximum Gasteiger partial charge on any atom is 0.0261 e. The standard InChI is InChI=1S/C10H20N2/c1-3-5-12-7-9-4-6-11(2)10(9)8-12/h9-10H,3-8H2,1-2H3. The molecule has 0 aliphatic carbocycles. The van der Waals surface area contributed by atoms with Crippen molar-refractivity contribution in [3.8, 4) is 0 Å². The highest BCUT2D eigenvalue weighted by Crippen LogP contribution is 2.29. The number of likely N-dealkylation sites (N-methyl/N-ethyl adjacent to an activating group) is 1. The summed E-state index contributed by atoms with van der Waals surface area (Å²) in [5, 5.41) is 0. The topological polar surface area (TPSA) is 6.48 Å². The first-order valence-corrected chi connectivity index (χ1v) is 5.24. The summed E-state index contributed by atoms with van der Waals surface area (Å²) < 4.78 is 0. The number of hydrogen-bond donors (Lipinski definition) is 0. The van der Waals surface area contributed by atoms with E-state index in [1.165, 1.54) is 39.0 Å². The van der Waals surface area contributed by atoms with E-state index in [-0.39, 0.29) is 0 Å². The van der Waals surface area contributed by atoms with Gasteiger partial charge in [0.2, 0.25) is 0 Å². The minimum Gasteiger partial charge on any atom is -0.302 e. The van der Waals surface area contributed by atoms with Gasteiger partial charge in [0.1, 0.15) is 0 Å². The lowest BCUT2D eigenvalue weighted by Gasteiger charge is -2.19. The summed E-state index contributed by atoms with van der Waals surface area (Å²) in [5.41, 5.74) is 0. The van der Waals surface area contributed by atoms with Crippen LogP contribution in [0.1, 0.15) is 19.8 Å². The van der Waals surface area contributed by atoms with Gasteiger partial charge in [-0.2, -0.15) is 0 Å². The van der Waals surface area contributed by atoms with Crippen LogP contribution in [0.25, 0.3) is 0 Å². The van der Waals surface area contributed by atoms with Crippen LogP contribution in [0.2, 0.25) is 0 Å². The molecule has 0 bridgehead atoms. The van der Waals surface area contributed by atoms with E-state index in [9.17, 15) is 0 Å². The van der Waals surface area contributed by atoms with Crippen molar-refractivity contribution in [2.75, 3.05) is 33.2 Å². The van der Waals surface area contributed by atoms with Gasteiger partial charge in [-0.3, -0.25) is 0 Å². The Labute approximate surface area is 75.5 Å². The highest BCUT2D eigenvalue weighted by atomic mass is 15.3. The fraction of sp³-hybridized carbons (Fsp3) is 1.00. The molecule has 0 N–H and O–H groups in total. The molecule has 2 heteroatoms. The van der Waals surface area contributed by atoms with E-state index in [4.69, 9.17) is 0 Å². The lowest BCUT2D eigenvalue weighted by Crippen LogP contribution is -2.32. The Kier molecular flexibility index (Phi) is 2.37. The third-order valence-corrected chi connectivity index (χ3v) is 3.44. The summed E-state index contributed by atoms with van der Waals surface area (Å²) in [6, 6.07) is 0.886. The van der Waals surface area contributed by atoms with Crippen LogP contribution < -0.4 is 0 Å². The number of fused-ring (bicyclic) bond motifs is 1. The molecule has 2 fully saturated rings. The predicted molar refractivity (Wildman–Crippen MR) is 51.3 cm³/mol. The lowest BCUT2D eigenvalue weighted by atomic mass is 10.1. The zero-order valence-corrected chi connectivity index (χ0v) is 8.29. The van der Waals surface area contributed by atoms with Gasteiger partial charge in [-0.25, -0.2) is 0 Å². The van der Waals surface area contributed by atoms with Crippen LogP contribution in [0.3, 0.4) is 0 Å². The Balaban J connectivity index is 1.90. The first-order valence-electron chi connectivity index (χ1n) is 5.24. The molecule has 0 aromatic heterocycles. The van der Waals surface area contributed by atoms with Gasteiger partial charge >= 0.3 is 0 Å². The largest absolute Gasteiger partial charge is 0.302 e. The van der Waals surface area contributed by atoms with E-state index in [1.54, 1.807) is 0 Å². The molecule has 2 aliphatic heterocycles. The van der Waals surface area contributed by atoms with E-state index in [0.29, 0.717) is 0 Å². The van der Waals surface area contributed by atoms with E-state index < -0.39 is 0 Å². The van der Waals surface area contributed by atoms with Crippen molar-refractivity contribution in [1.29, 1.82) is 0 Å². The molecule has 2 rings (SSSR count). The average molecular weight is 168 g/mol. The molecule has 12 heavy (non-hydrogen) atoms. The molecule has 70 valence electrons. The monoisotopic (exact) mass is 168 g/mol. The number of hydrogen-bond acceptors (Lipinski definition) is 2. The molecule has 0 saturated carbocycles. The smallest absolute Gasteiger partial charge is 0.0261 e. The highest BCUT2D eigenvalue weighted by Gasteiger charge is 2.38. The molecular formula is C10H20N2. The van der Waals surface area contributed by atoms with Gasteiger partial charge in [-0.05, 0) is 38.9 Å². The van der Waals surface area contributed by atoms with Gasteiger partial charge in [0.05, 0.1) is 0 Å². The molecule has 0 spiro atoms. The van der Waals surface area contributed by atoms with Crippen LogP contribution in [0.4, 0.5) is 0 Å². The highest BCUT2D eigenvalue weighted by molar-refractivity contribution is 4.94. The predicted octanol–water partition coefficient (Wildman–Crippen LogP) is 1.03. The third-order valence-electron chi connectivity index (χ3n) is 3.44. The Bertz CT molecular complexity index is 158. The maximum absolute atomic E-state index is 2.63. The minimum absolute atomic E-state index is 0.886. The molecule has 2 unspecified atom stereocenters. The third kappa shape index (κ3) is 1.38. The summed E-state index contributed by atoms with van der Waals surface area (Å²) >= 11 is 0. The van der Waals surface area contributed by atoms with Gasteiger partial charge in [0.15, 0.2) is 0 Å². The molecule has 2 aliphatic rings. The summed E-state index contributed by atoms with van der Waals surface area (Å²) in [5.74, 6) is 0.988. The van der Waals surface area contributed by atoms with Crippen LogP contribution in [-0.4, -0.2) is 49.1 Å². The second kappa shape index (κ2) is 3.35. The molecule has 0 radical (unpaired) electrons. The zero-order valence-electron chi connectivity index (χ0n) is 8.29. The van der Waals surface area contributed by atoms with Crippen LogP contribution >= 0.6 is 0 Å². The Hall–Kier alpha value is -0.0800. The molecule has 2 nitrogen and oxygen atoms in total. The Morgan fingerprint density at radius 1 is 1.33 bits per heavy atom. The SMILES string of the molecule is CCCN1CC2CCN(C)C2C1. The van der Waals surface area contributed by atoms with Crippen LogP contribution in [0.15, 0.2) is 0 Å². The van der Waals surface area contributed by atoms with E-state index in [2.05, 4.69) is 23.8 Å². The summed E-state index contributed by atoms with van der Waals surface area (Å²) in [4.78, 5) is 5.17. The quantitative estimate of drug-likeness (QED) is 0.607. The first kappa shape index (κ1) is 8.52. The molecule has 2 saturated heterocycles. The minimum atomic E-state index is 0.886. The second-order valence-electron chi connectivity index (χ2n) is 4.36. The fourth-order valence-corrected chi connectivity index (χ4v) is 2.76. The molecule has 0 aromatic carbocycles. The van der Waals surface area contributed by atoms with Crippen molar-refractivity contribution < 1.29 is 0 Å². The van der Waals surface area contributed by atoms with Gasteiger partial charge in [0.25, 0.3) is 0 Å². The summed E-state index contributed by atoms with van der Waals surface area (Å²) in [7, 11) is 2.28. The normalized spacial score (nSPS) is 37.5. The molecule has 0 amide bonds. The van der Waals surface area contributed by atoms with Crippen molar-refractivity contribution >= 4 is 0 Å². The number of nitrogens with zero attached hydrogens (tertiary/aromatic N) is 2. The Morgan fingerprint density at radius 2 is 2.17 bits per heavy atom. The van der Waals surface area contributed by atoms with Crippen LogP contribution in [-0.2, 0) is 0 Å². The maximum atomic E-state index is 2.63. The fourth-order valence-electron chi connectivity index (χ4n) is 2.76. The Morgan fingerprint density at radius 3 is 2.83 bits per heavy atom. The summed E-state index contributed by atoms with van der Waals surface area (Å²) in [6.45, 7) is 7.60. The van der Waals surface area contributed by atoms with Crippen molar-refractivity contribution in [1.82, 2.24) is 9.80 Å². The number of rotatable bonds is 2. The van der Waals surface area contributed by atoms with Crippen LogP contribution in [0, 0.1) is 5.92 Å². The van der Waals surface area contributed by atoms with Crippen LogP contribution in [0.5, 0.6) is 0 Å².